The monoisotopic (exact) mass is 311 g/mol. The van der Waals surface area contributed by atoms with Gasteiger partial charge in [0.1, 0.15) is 0 Å². The average molecular weight is 311 g/mol. The molecule has 0 aliphatic carbocycles. The molecule has 0 saturated carbocycles. The summed E-state index contributed by atoms with van der Waals surface area (Å²) in [5.74, 6) is 0.489. The maximum Gasteiger partial charge on any atom is 0.251 e. The highest BCUT2D eigenvalue weighted by molar-refractivity contribution is 7.89. The number of carbonyl (C=O) groups is 1. The fourth-order valence-electron chi connectivity index (χ4n) is 1.90. The Morgan fingerprint density at radius 3 is 2.48 bits per heavy atom. The fraction of sp³-hybridized carbons (Fsp3) is 0.500. The van der Waals surface area contributed by atoms with E-state index in [9.17, 15) is 13.2 Å². The summed E-state index contributed by atoms with van der Waals surface area (Å²) in [6.45, 7) is 4.43. The van der Waals surface area contributed by atoms with Gasteiger partial charge in [-0.15, -0.1) is 0 Å². The van der Waals surface area contributed by atoms with Crippen LogP contribution in [0.5, 0.6) is 0 Å². The van der Waals surface area contributed by atoms with E-state index in [1.165, 1.54) is 0 Å². The van der Waals surface area contributed by atoms with Crippen LogP contribution in [0.2, 0.25) is 0 Å². The van der Waals surface area contributed by atoms with Crippen molar-refractivity contribution in [2.45, 2.75) is 13.5 Å². The second-order valence-electron chi connectivity index (χ2n) is 5.16. The van der Waals surface area contributed by atoms with Gasteiger partial charge in [-0.2, -0.15) is 0 Å². The largest absolute Gasteiger partial charge is 0.352 e. The zero-order chi connectivity index (χ0) is 15.3. The Bertz CT molecular complexity index is 580. The molecule has 0 bridgehead atoms. The van der Waals surface area contributed by atoms with E-state index in [0.717, 1.165) is 18.7 Å². The van der Waals surface area contributed by atoms with Gasteiger partial charge in [-0.05, 0) is 24.6 Å². The molecule has 21 heavy (non-hydrogen) atoms. The lowest BCUT2D eigenvalue weighted by molar-refractivity contribution is 0.0942. The van der Waals surface area contributed by atoms with Crippen molar-refractivity contribution >= 4 is 15.9 Å². The van der Waals surface area contributed by atoms with Gasteiger partial charge in [-0.25, -0.2) is 13.1 Å². The molecule has 1 fully saturated rings. The van der Waals surface area contributed by atoms with Crippen molar-refractivity contribution in [3.8, 4) is 0 Å². The predicted octanol–water partition coefficient (Wildman–Crippen LogP) is 0.0751. The van der Waals surface area contributed by atoms with Crippen LogP contribution in [0, 0.1) is 5.92 Å². The van der Waals surface area contributed by atoms with E-state index in [-0.39, 0.29) is 18.2 Å². The lowest BCUT2D eigenvalue weighted by atomic mass is 10.0. The van der Waals surface area contributed by atoms with Gasteiger partial charge < -0.3 is 10.6 Å². The standard InChI is InChI=1S/C14H21N3O3S/c1-2-21(19,20)17-10-11-3-5-13(6-4-11)14(18)16-9-12-7-15-8-12/h3-6,12,15,17H,2,7-10H2,1H3,(H,16,18). The van der Waals surface area contributed by atoms with E-state index >= 15 is 0 Å². The van der Waals surface area contributed by atoms with Crippen molar-refractivity contribution in [1.82, 2.24) is 15.4 Å². The molecule has 3 N–H and O–H groups in total. The number of hydrogen-bond acceptors (Lipinski definition) is 4. The van der Waals surface area contributed by atoms with Crippen LogP contribution < -0.4 is 15.4 Å². The molecule has 1 aromatic carbocycles. The maximum absolute atomic E-state index is 11.9. The number of rotatable bonds is 7. The molecule has 1 amide bonds. The Balaban J connectivity index is 1.84. The van der Waals surface area contributed by atoms with Crippen LogP contribution in [0.1, 0.15) is 22.8 Å². The number of hydrogen-bond donors (Lipinski definition) is 3. The number of carbonyl (C=O) groups excluding carboxylic acids is 1. The first kappa shape index (κ1) is 15.9. The van der Waals surface area contributed by atoms with Gasteiger partial charge >= 0.3 is 0 Å². The zero-order valence-electron chi connectivity index (χ0n) is 12.1. The van der Waals surface area contributed by atoms with Crippen LogP contribution in [0.25, 0.3) is 0 Å². The summed E-state index contributed by atoms with van der Waals surface area (Å²) in [4.78, 5) is 11.9. The highest BCUT2D eigenvalue weighted by Crippen LogP contribution is 2.06. The van der Waals surface area contributed by atoms with Crippen LogP contribution in [0.4, 0.5) is 0 Å². The molecular formula is C14H21N3O3S. The van der Waals surface area contributed by atoms with Crippen molar-refractivity contribution in [3.63, 3.8) is 0 Å². The van der Waals surface area contributed by atoms with Gasteiger partial charge in [-0.1, -0.05) is 12.1 Å². The normalized spacial score (nSPS) is 15.5. The zero-order valence-corrected chi connectivity index (χ0v) is 12.9. The van der Waals surface area contributed by atoms with Gasteiger partial charge in [0.2, 0.25) is 10.0 Å². The van der Waals surface area contributed by atoms with E-state index in [4.69, 9.17) is 0 Å². The third kappa shape index (κ3) is 4.80. The minimum atomic E-state index is -3.19. The van der Waals surface area contributed by atoms with E-state index in [2.05, 4.69) is 15.4 Å². The summed E-state index contributed by atoms with van der Waals surface area (Å²) in [5, 5.41) is 6.05. The van der Waals surface area contributed by atoms with Gasteiger partial charge in [0.05, 0.1) is 5.75 Å². The van der Waals surface area contributed by atoms with Gasteiger partial charge in [0, 0.05) is 37.7 Å². The third-order valence-corrected chi connectivity index (χ3v) is 4.85. The van der Waals surface area contributed by atoms with E-state index in [1.54, 1.807) is 31.2 Å². The van der Waals surface area contributed by atoms with Gasteiger partial charge in [-0.3, -0.25) is 4.79 Å². The summed E-state index contributed by atoms with van der Waals surface area (Å²) in [7, 11) is -3.19. The molecule has 7 heteroatoms. The van der Waals surface area contributed by atoms with Gasteiger partial charge in [0.15, 0.2) is 0 Å². The van der Waals surface area contributed by atoms with Gasteiger partial charge in [0.25, 0.3) is 5.91 Å². The van der Waals surface area contributed by atoms with Crippen molar-refractivity contribution in [2.24, 2.45) is 5.92 Å². The highest BCUT2D eigenvalue weighted by Gasteiger charge is 2.17. The fourth-order valence-corrected chi connectivity index (χ4v) is 2.49. The SMILES string of the molecule is CCS(=O)(=O)NCc1ccc(C(=O)NCC2CNC2)cc1. The molecule has 6 nitrogen and oxygen atoms in total. The van der Waals surface area contributed by atoms with E-state index in [1.807, 2.05) is 0 Å². The van der Waals surface area contributed by atoms with Crippen LogP contribution in [-0.4, -0.2) is 39.7 Å². The first-order valence-electron chi connectivity index (χ1n) is 7.05. The quantitative estimate of drug-likeness (QED) is 0.665. The summed E-state index contributed by atoms with van der Waals surface area (Å²) in [6.07, 6.45) is 0. The predicted molar refractivity (Wildman–Crippen MR) is 81.4 cm³/mol. The molecule has 0 atom stereocenters. The molecule has 1 aromatic rings. The smallest absolute Gasteiger partial charge is 0.251 e. The highest BCUT2D eigenvalue weighted by atomic mass is 32.2. The molecule has 1 aliphatic heterocycles. The number of sulfonamides is 1. The average Bonchev–Trinajstić information content (AvgIpc) is 2.44. The van der Waals surface area contributed by atoms with Crippen LogP contribution >= 0.6 is 0 Å². The van der Waals surface area contributed by atoms with Crippen LogP contribution in [0.3, 0.4) is 0 Å². The number of nitrogens with one attached hydrogen (secondary N) is 3. The van der Waals surface area contributed by atoms with Crippen LogP contribution in [0.15, 0.2) is 24.3 Å². The lowest BCUT2D eigenvalue weighted by Crippen LogP contribution is -2.48. The Kier molecular flexibility index (Phi) is 5.33. The Labute approximate surface area is 125 Å². The summed E-state index contributed by atoms with van der Waals surface area (Å²) in [5.41, 5.74) is 1.41. The van der Waals surface area contributed by atoms with Crippen molar-refractivity contribution in [2.75, 3.05) is 25.4 Å². The lowest BCUT2D eigenvalue weighted by Gasteiger charge is -2.27. The molecule has 1 saturated heterocycles. The molecule has 116 valence electrons. The first-order chi connectivity index (χ1) is 10.00. The van der Waals surface area contributed by atoms with E-state index < -0.39 is 10.0 Å². The minimum Gasteiger partial charge on any atom is -0.352 e. The molecule has 0 radical (unpaired) electrons. The number of benzene rings is 1. The molecule has 1 heterocycles. The third-order valence-electron chi connectivity index (χ3n) is 3.51. The molecule has 0 spiro atoms. The van der Waals surface area contributed by atoms with Crippen molar-refractivity contribution in [3.05, 3.63) is 35.4 Å². The second kappa shape index (κ2) is 7.02. The van der Waals surface area contributed by atoms with Crippen LogP contribution in [-0.2, 0) is 16.6 Å². The summed E-state index contributed by atoms with van der Waals surface area (Å²) in [6, 6.07) is 6.95. The van der Waals surface area contributed by atoms with Crippen molar-refractivity contribution in [1.29, 1.82) is 0 Å². The molecule has 2 rings (SSSR count). The second-order valence-corrected chi connectivity index (χ2v) is 7.25. The minimum absolute atomic E-state index is 0.0590. The van der Waals surface area contributed by atoms with E-state index in [0.29, 0.717) is 18.0 Å². The number of amides is 1. The molecule has 0 aromatic heterocycles. The first-order valence-corrected chi connectivity index (χ1v) is 8.70. The Morgan fingerprint density at radius 1 is 1.29 bits per heavy atom. The molecular weight excluding hydrogens is 290 g/mol. The Hall–Kier alpha value is -1.44. The molecule has 1 aliphatic rings. The maximum atomic E-state index is 11.9. The topological polar surface area (TPSA) is 87.3 Å². The summed E-state index contributed by atoms with van der Waals surface area (Å²) < 4.78 is 25.2. The van der Waals surface area contributed by atoms with Crippen molar-refractivity contribution < 1.29 is 13.2 Å². The Morgan fingerprint density at radius 2 is 1.95 bits per heavy atom. The molecule has 0 unspecified atom stereocenters. The summed E-state index contributed by atoms with van der Waals surface area (Å²) >= 11 is 0.